The maximum absolute atomic E-state index is 13.9. The van der Waals surface area contributed by atoms with Gasteiger partial charge in [0.05, 0.1) is 18.2 Å². The molecule has 1 aliphatic rings. The zero-order valence-electron chi connectivity index (χ0n) is 11.3. The maximum atomic E-state index is 13.9. The average Bonchev–Trinajstić information content (AvgIpc) is 2.32. The summed E-state index contributed by atoms with van der Waals surface area (Å²) in [4.78, 5) is 2.00. The van der Waals surface area contributed by atoms with Gasteiger partial charge in [-0.2, -0.15) is 0 Å². The zero-order chi connectivity index (χ0) is 14.0. The van der Waals surface area contributed by atoms with Crippen LogP contribution in [0.5, 0.6) is 0 Å². The fourth-order valence-electron chi connectivity index (χ4n) is 2.75. The van der Waals surface area contributed by atoms with Gasteiger partial charge < -0.3 is 10.5 Å². The van der Waals surface area contributed by atoms with E-state index in [1.807, 2.05) is 18.7 Å². The van der Waals surface area contributed by atoms with E-state index in [0.717, 1.165) is 0 Å². The SMILES string of the molecule is C[C@H]1CN([C@@H](CN)c2c(F)cccc2F)C[C@H](C)O1. The van der Waals surface area contributed by atoms with Crippen molar-refractivity contribution in [1.82, 2.24) is 4.90 Å². The van der Waals surface area contributed by atoms with E-state index in [1.165, 1.54) is 18.2 Å². The molecule has 1 aromatic carbocycles. The Labute approximate surface area is 112 Å². The predicted octanol–water partition coefficient (Wildman–Crippen LogP) is 2.07. The van der Waals surface area contributed by atoms with E-state index in [0.29, 0.717) is 13.1 Å². The molecule has 0 bridgehead atoms. The molecule has 106 valence electrons. The Hall–Kier alpha value is -1.04. The quantitative estimate of drug-likeness (QED) is 0.914. The van der Waals surface area contributed by atoms with E-state index in [1.54, 1.807) is 0 Å². The molecule has 1 fully saturated rings. The average molecular weight is 270 g/mol. The van der Waals surface area contributed by atoms with E-state index in [4.69, 9.17) is 10.5 Å². The lowest BCUT2D eigenvalue weighted by Crippen LogP contribution is -2.48. The van der Waals surface area contributed by atoms with E-state index in [-0.39, 0.29) is 24.3 Å². The van der Waals surface area contributed by atoms with Gasteiger partial charge in [-0.1, -0.05) is 6.07 Å². The van der Waals surface area contributed by atoms with Crippen LogP contribution in [0.25, 0.3) is 0 Å². The van der Waals surface area contributed by atoms with Crippen LogP contribution in [0.3, 0.4) is 0 Å². The van der Waals surface area contributed by atoms with Crippen molar-refractivity contribution >= 4 is 0 Å². The molecule has 0 spiro atoms. The van der Waals surface area contributed by atoms with Crippen LogP contribution >= 0.6 is 0 Å². The Morgan fingerprint density at radius 3 is 2.26 bits per heavy atom. The van der Waals surface area contributed by atoms with Crippen LogP contribution in [-0.4, -0.2) is 36.7 Å². The lowest BCUT2D eigenvalue weighted by Gasteiger charge is -2.40. The summed E-state index contributed by atoms with van der Waals surface area (Å²) >= 11 is 0. The van der Waals surface area contributed by atoms with Crippen LogP contribution in [0.2, 0.25) is 0 Å². The van der Waals surface area contributed by atoms with Gasteiger partial charge in [0.1, 0.15) is 11.6 Å². The van der Waals surface area contributed by atoms with Gasteiger partial charge in [-0.3, -0.25) is 4.90 Å². The van der Waals surface area contributed by atoms with Crippen LogP contribution in [0, 0.1) is 11.6 Å². The summed E-state index contributed by atoms with van der Waals surface area (Å²) < 4.78 is 33.4. The van der Waals surface area contributed by atoms with Crippen molar-refractivity contribution in [2.24, 2.45) is 5.73 Å². The van der Waals surface area contributed by atoms with Crippen LogP contribution < -0.4 is 5.73 Å². The van der Waals surface area contributed by atoms with Gasteiger partial charge in [0.25, 0.3) is 0 Å². The largest absolute Gasteiger partial charge is 0.373 e. The van der Waals surface area contributed by atoms with Crippen molar-refractivity contribution in [2.75, 3.05) is 19.6 Å². The van der Waals surface area contributed by atoms with Gasteiger partial charge in [0.2, 0.25) is 0 Å². The van der Waals surface area contributed by atoms with Crippen molar-refractivity contribution in [3.8, 4) is 0 Å². The molecular weight excluding hydrogens is 250 g/mol. The topological polar surface area (TPSA) is 38.5 Å². The van der Waals surface area contributed by atoms with Crippen molar-refractivity contribution in [1.29, 1.82) is 0 Å². The van der Waals surface area contributed by atoms with Crippen LogP contribution in [-0.2, 0) is 4.74 Å². The Kier molecular flexibility index (Phi) is 4.50. The van der Waals surface area contributed by atoms with E-state index in [9.17, 15) is 8.78 Å². The second-order valence-corrected chi connectivity index (χ2v) is 5.10. The molecule has 1 saturated heterocycles. The summed E-state index contributed by atoms with van der Waals surface area (Å²) in [5.41, 5.74) is 5.81. The highest BCUT2D eigenvalue weighted by atomic mass is 19.1. The standard InChI is InChI=1S/C14H20F2N2O/c1-9-7-18(8-10(2)19-9)13(6-17)14-11(15)4-3-5-12(14)16/h3-5,9-10,13H,6-8,17H2,1-2H3/t9-,10-,13-/m0/s1. The number of nitrogens with two attached hydrogens (primary N) is 1. The lowest BCUT2D eigenvalue weighted by atomic mass is 10.0. The summed E-state index contributed by atoms with van der Waals surface area (Å²) in [6.07, 6.45) is 0.0697. The molecule has 0 unspecified atom stereocenters. The molecule has 3 nitrogen and oxygen atoms in total. The number of ether oxygens (including phenoxy) is 1. The second-order valence-electron chi connectivity index (χ2n) is 5.10. The molecule has 0 amide bonds. The fraction of sp³-hybridized carbons (Fsp3) is 0.571. The normalized spacial score (nSPS) is 26.4. The predicted molar refractivity (Wildman–Crippen MR) is 69.7 cm³/mol. The number of hydrogen-bond acceptors (Lipinski definition) is 3. The van der Waals surface area contributed by atoms with Gasteiger partial charge in [-0.25, -0.2) is 8.78 Å². The molecule has 1 aliphatic heterocycles. The molecular formula is C14H20F2N2O. The molecule has 3 atom stereocenters. The van der Waals surface area contributed by atoms with Gasteiger partial charge in [0.15, 0.2) is 0 Å². The molecule has 2 rings (SSSR count). The molecule has 2 N–H and O–H groups in total. The van der Waals surface area contributed by atoms with Crippen LogP contribution in [0.15, 0.2) is 18.2 Å². The van der Waals surface area contributed by atoms with Crippen molar-refractivity contribution < 1.29 is 13.5 Å². The highest BCUT2D eigenvalue weighted by Gasteiger charge is 2.31. The highest BCUT2D eigenvalue weighted by molar-refractivity contribution is 5.24. The fourth-order valence-corrected chi connectivity index (χ4v) is 2.75. The number of morpholine rings is 1. The molecule has 5 heteroatoms. The summed E-state index contributed by atoms with van der Waals surface area (Å²) in [6, 6.07) is 3.46. The summed E-state index contributed by atoms with van der Waals surface area (Å²) in [5.74, 6) is -1.08. The minimum atomic E-state index is -0.540. The Bertz CT molecular complexity index is 411. The molecule has 0 saturated carbocycles. The first-order valence-electron chi connectivity index (χ1n) is 6.56. The first-order valence-corrected chi connectivity index (χ1v) is 6.56. The van der Waals surface area contributed by atoms with E-state index < -0.39 is 17.7 Å². The number of halogens is 2. The first-order chi connectivity index (χ1) is 9.02. The Morgan fingerprint density at radius 1 is 1.26 bits per heavy atom. The molecule has 0 aromatic heterocycles. The van der Waals surface area contributed by atoms with Gasteiger partial charge in [0, 0.05) is 25.2 Å². The third-order valence-electron chi connectivity index (χ3n) is 3.44. The number of nitrogens with zero attached hydrogens (tertiary/aromatic N) is 1. The van der Waals surface area contributed by atoms with Gasteiger partial charge >= 0.3 is 0 Å². The first kappa shape index (κ1) is 14.4. The van der Waals surface area contributed by atoms with Crippen LogP contribution in [0.4, 0.5) is 8.78 Å². The van der Waals surface area contributed by atoms with Gasteiger partial charge in [-0.15, -0.1) is 0 Å². The summed E-state index contributed by atoms with van der Waals surface area (Å²) in [6.45, 7) is 5.33. The third kappa shape index (κ3) is 3.11. The Balaban J connectivity index is 2.29. The second kappa shape index (κ2) is 5.94. The van der Waals surface area contributed by atoms with Crippen LogP contribution in [0.1, 0.15) is 25.5 Å². The summed E-state index contributed by atoms with van der Waals surface area (Å²) in [5, 5.41) is 0. The van der Waals surface area contributed by atoms with Gasteiger partial charge in [-0.05, 0) is 26.0 Å². The number of rotatable bonds is 3. The molecule has 0 radical (unpaired) electrons. The van der Waals surface area contributed by atoms with E-state index in [2.05, 4.69) is 0 Å². The third-order valence-corrected chi connectivity index (χ3v) is 3.44. The molecule has 1 heterocycles. The molecule has 1 aromatic rings. The maximum Gasteiger partial charge on any atom is 0.130 e. The minimum Gasteiger partial charge on any atom is -0.373 e. The summed E-state index contributed by atoms with van der Waals surface area (Å²) in [7, 11) is 0. The minimum absolute atomic E-state index is 0.0348. The Morgan fingerprint density at radius 2 is 1.79 bits per heavy atom. The van der Waals surface area contributed by atoms with Crippen molar-refractivity contribution in [2.45, 2.75) is 32.1 Å². The molecule has 19 heavy (non-hydrogen) atoms. The monoisotopic (exact) mass is 270 g/mol. The number of hydrogen-bond donors (Lipinski definition) is 1. The smallest absolute Gasteiger partial charge is 0.130 e. The number of benzene rings is 1. The van der Waals surface area contributed by atoms with E-state index >= 15 is 0 Å². The van der Waals surface area contributed by atoms with Crippen molar-refractivity contribution in [3.63, 3.8) is 0 Å². The molecule has 0 aliphatic carbocycles. The highest BCUT2D eigenvalue weighted by Crippen LogP contribution is 2.28. The van der Waals surface area contributed by atoms with Crippen molar-refractivity contribution in [3.05, 3.63) is 35.4 Å². The zero-order valence-corrected chi connectivity index (χ0v) is 11.3. The lowest BCUT2D eigenvalue weighted by molar-refractivity contribution is -0.0806.